The highest BCUT2D eigenvalue weighted by Gasteiger charge is 2.42. The molecular formula is C11H17N3O5. The molecule has 0 spiro atoms. The van der Waals surface area contributed by atoms with E-state index in [-0.39, 0.29) is 44.0 Å². The van der Waals surface area contributed by atoms with Gasteiger partial charge in [-0.25, -0.2) is 4.79 Å². The molecule has 19 heavy (non-hydrogen) atoms. The van der Waals surface area contributed by atoms with E-state index in [1.807, 2.05) is 0 Å². The molecule has 2 aliphatic heterocycles. The van der Waals surface area contributed by atoms with E-state index in [2.05, 4.69) is 10.6 Å². The topological polar surface area (TPSA) is 108 Å². The van der Waals surface area contributed by atoms with Crippen LogP contribution in [-0.4, -0.2) is 72.7 Å². The number of piperazine rings is 1. The van der Waals surface area contributed by atoms with E-state index in [1.54, 1.807) is 0 Å². The quantitative estimate of drug-likeness (QED) is 0.536. The highest BCUT2D eigenvalue weighted by Crippen LogP contribution is 2.21. The van der Waals surface area contributed by atoms with Crippen molar-refractivity contribution >= 4 is 17.8 Å². The van der Waals surface area contributed by atoms with E-state index in [0.717, 1.165) is 0 Å². The SMILES string of the molecule is COC1CC(C(=O)O)N(C(=O)C2CNC(=O)CN2)C1. The molecule has 0 aromatic heterocycles. The number of carbonyl (C=O) groups is 3. The number of nitrogens with one attached hydrogen (secondary N) is 2. The van der Waals surface area contributed by atoms with Gasteiger partial charge >= 0.3 is 5.97 Å². The van der Waals surface area contributed by atoms with Crippen molar-refractivity contribution in [2.75, 3.05) is 26.7 Å². The highest BCUT2D eigenvalue weighted by molar-refractivity contribution is 5.90. The van der Waals surface area contributed by atoms with Crippen molar-refractivity contribution in [2.45, 2.75) is 24.6 Å². The zero-order chi connectivity index (χ0) is 14.0. The fourth-order valence-corrected chi connectivity index (χ4v) is 2.39. The number of likely N-dealkylation sites (tertiary alicyclic amines) is 1. The Hall–Kier alpha value is -1.67. The van der Waals surface area contributed by atoms with Crippen molar-refractivity contribution in [1.29, 1.82) is 0 Å². The normalized spacial score (nSPS) is 31.1. The Labute approximate surface area is 110 Å². The van der Waals surface area contributed by atoms with Gasteiger partial charge in [0.25, 0.3) is 0 Å². The molecule has 0 saturated carbocycles. The van der Waals surface area contributed by atoms with Crippen LogP contribution in [0.15, 0.2) is 0 Å². The summed E-state index contributed by atoms with van der Waals surface area (Å²) in [6.07, 6.45) is 0.0274. The second-order valence-corrected chi connectivity index (χ2v) is 4.68. The van der Waals surface area contributed by atoms with Gasteiger partial charge in [-0.3, -0.25) is 14.9 Å². The van der Waals surface area contributed by atoms with Crippen molar-refractivity contribution < 1.29 is 24.2 Å². The number of ether oxygens (including phenoxy) is 1. The average Bonchev–Trinajstić information content (AvgIpc) is 2.83. The molecule has 3 unspecified atom stereocenters. The Kier molecular flexibility index (Phi) is 4.01. The van der Waals surface area contributed by atoms with E-state index in [4.69, 9.17) is 9.84 Å². The highest BCUT2D eigenvalue weighted by atomic mass is 16.5. The van der Waals surface area contributed by atoms with Gasteiger partial charge in [0.05, 0.1) is 12.6 Å². The average molecular weight is 271 g/mol. The molecule has 2 amide bonds. The fourth-order valence-electron chi connectivity index (χ4n) is 2.39. The first-order chi connectivity index (χ1) is 9.02. The second-order valence-electron chi connectivity index (χ2n) is 4.68. The molecule has 0 bridgehead atoms. The van der Waals surface area contributed by atoms with Gasteiger partial charge in [0, 0.05) is 26.6 Å². The van der Waals surface area contributed by atoms with Crippen LogP contribution in [0.25, 0.3) is 0 Å². The molecular weight excluding hydrogens is 254 g/mol. The lowest BCUT2D eigenvalue weighted by atomic mass is 10.1. The third-order valence-corrected chi connectivity index (χ3v) is 3.47. The van der Waals surface area contributed by atoms with Gasteiger partial charge in [0.15, 0.2) is 0 Å². The van der Waals surface area contributed by atoms with Crippen LogP contribution in [0.4, 0.5) is 0 Å². The van der Waals surface area contributed by atoms with E-state index in [1.165, 1.54) is 12.0 Å². The Bertz CT molecular complexity index is 390. The number of aliphatic carboxylic acids is 1. The number of hydrogen-bond acceptors (Lipinski definition) is 5. The number of hydrogen-bond donors (Lipinski definition) is 3. The minimum atomic E-state index is -1.03. The minimum Gasteiger partial charge on any atom is -0.480 e. The standard InChI is InChI=1S/C11H17N3O5/c1-19-6-2-8(11(17)18)14(5-6)10(16)7-3-13-9(15)4-12-7/h6-8,12H,2-5H2,1H3,(H,13,15)(H,17,18). The van der Waals surface area contributed by atoms with Crippen LogP contribution in [0, 0.1) is 0 Å². The first kappa shape index (κ1) is 13.8. The lowest BCUT2D eigenvalue weighted by Gasteiger charge is -2.29. The number of carboxylic acids is 1. The van der Waals surface area contributed by atoms with Crippen molar-refractivity contribution in [1.82, 2.24) is 15.5 Å². The van der Waals surface area contributed by atoms with E-state index in [0.29, 0.717) is 0 Å². The van der Waals surface area contributed by atoms with Crippen LogP contribution in [0.5, 0.6) is 0 Å². The maximum atomic E-state index is 12.3. The lowest BCUT2D eigenvalue weighted by molar-refractivity contribution is -0.149. The summed E-state index contributed by atoms with van der Waals surface area (Å²) in [6, 6.07) is -1.44. The Balaban J connectivity index is 2.04. The van der Waals surface area contributed by atoms with Crippen LogP contribution < -0.4 is 10.6 Å². The van der Waals surface area contributed by atoms with E-state index in [9.17, 15) is 14.4 Å². The molecule has 0 aliphatic carbocycles. The Morgan fingerprint density at radius 1 is 1.47 bits per heavy atom. The molecule has 8 nitrogen and oxygen atoms in total. The summed E-state index contributed by atoms with van der Waals surface area (Å²) in [5.74, 6) is -1.52. The zero-order valence-electron chi connectivity index (χ0n) is 10.6. The van der Waals surface area contributed by atoms with Gasteiger partial charge in [-0.1, -0.05) is 0 Å². The molecule has 8 heteroatoms. The molecule has 2 fully saturated rings. The minimum absolute atomic E-state index is 0.0652. The van der Waals surface area contributed by atoms with Gasteiger partial charge in [-0.2, -0.15) is 0 Å². The van der Waals surface area contributed by atoms with E-state index >= 15 is 0 Å². The van der Waals surface area contributed by atoms with E-state index < -0.39 is 18.1 Å². The number of nitrogens with zero attached hydrogens (tertiary/aromatic N) is 1. The molecule has 0 radical (unpaired) electrons. The van der Waals surface area contributed by atoms with Gasteiger partial charge in [-0.05, 0) is 0 Å². The number of carboxylic acid groups (broad SMARTS) is 1. The van der Waals surface area contributed by atoms with Crippen LogP contribution in [-0.2, 0) is 19.1 Å². The fraction of sp³-hybridized carbons (Fsp3) is 0.727. The summed E-state index contributed by atoms with van der Waals surface area (Å²) in [7, 11) is 1.50. The summed E-state index contributed by atoms with van der Waals surface area (Å²) < 4.78 is 5.13. The van der Waals surface area contributed by atoms with Crippen LogP contribution in [0.3, 0.4) is 0 Å². The maximum Gasteiger partial charge on any atom is 0.326 e. The number of amides is 2. The first-order valence-electron chi connectivity index (χ1n) is 6.09. The first-order valence-corrected chi connectivity index (χ1v) is 6.09. The van der Waals surface area contributed by atoms with Gasteiger partial charge < -0.3 is 20.1 Å². The number of methoxy groups -OCH3 is 1. The van der Waals surface area contributed by atoms with Crippen molar-refractivity contribution in [3.63, 3.8) is 0 Å². The molecule has 106 valence electrons. The summed E-state index contributed by atoms with van der Waals surface area (Å²) in [5, 5.41) is 14.5. The van der Waals surface area contributed by atoms with Gasteiger partial charge in [-0.15, -0.1) is 0 Å². The Morgan fingerprint density at radius 2 is 2.21 bits per heavy atom. The summed E-state index contributed by atoms with van der Waals surface area (Å²) in [6.45, 7) is 0.506. The molecule has 2 aliphatic rings. The van der Waals surface area contributed by atoms with Crippen molar-refractivity contribution in [2.24, 2.45) is 0 Å². The maximum absolute atomic E-state index is 12.3. The van der Waals surface area contributed by atoms with Crippen LogP contribution in [0.2, 0.25) is 0 Å². The smallest absolute Gasteiger partial charge is 0.326 e. The van der Waals surface area contributed by atoms with Crippen molar-refractivity contribution in [3.8, 4) is 0 Å². The van der Waals surface area contributed by atoms with Crippen LogP contribution in [0.1, 0.15) is 6.42 Å². The predicted molar refractivity (Wildman–Crippen MR) is 63.4 cm³/mol. The third kappa shape index (κ3) is 2.85. The van der Waals surface area contributed by atoms with Gasteiger partial charge in [0.2, 0.25) is 11.8 Å². The van der Waals surface area contributed by atoms with Crippen LogP contribution >= 0.6 is 0 Å². The molecule has 0 aromatic carbocycles. The number of carbonyl (C=O) groups excluding carboxylic acids is 2. The Morgan fingerprint density at radius 3 is 2.74 bits per heavy atom. The monoisotopic (exact) mass is 271 g/mol. The summed E-state index contributed by atoms with van der Waals surface area (Å²) in [5.41, 5.74) is 0. The lowest BCUT2D eigenvalue weighted by Crippen LogP contribution is -2.59. The second kappa shape index (κ2) is 5.54. The molecule has 3 N–H and O–H groups in total. The molecule has 2 saturated heterocycles. The van der Waals surface area contributed by atoms with Crippen molar-refractivity contribution in [3.05, 3.63) is 0 Å². The zero-order valence-corrected chi connectivity index (χ0v) is 10.6. The number of rotatable bonds is 3. The molecule has 2 heterocycles. The summed E-state index contributed by atoms with van der Waals surface area (Å²) >= 11 is 0. The predicted octanol–water partition coefficient (Wildman–Crippen LogP) is -2.23. The largest absolute Gasteiger partial charge is 0.480 e. The molecule has 3 atom stereocenters. The third-order valence-electron chi connectivity index (χ3n) is 3.47. The molecule has 2 rings (SSSR count). The summed E-state index contributed by atoms with van der Waals surface area (Å²) in [4.78, 5) is 35.8. The van der Waals surface area contributed by atoms with Gasteiger partial charge in [0.1, 0.15) is 12.1 Å². The molecule has 0 aromatic rings.